The quantitative estimate of drug-likeness (QED) is 0.273. The Morgan fingerprint density at radius 3 is 2.34 bits per heavy atom. The third-order valence-corrected chi connectivity index (χ3v) is 16.0. The molecular weight excluding hydrogens is 805 g/mol. The second-order valence-electron chi connectivity index (χ2n) is 21.4. The Hall–Kier alpha value is -1.86. The van der Waals surface area contributed by atoms with E-state index in [2.05, 4.69) is 26.8 Å². The fourth-order valence-corrected chi connectivity index (χ4v) is 12.5. The Morgan fingerprint density at radius 1 is 0.774 bits per heavy atom. The lowest BCUT2D eigenvalue weighted by atomic mass is 9.86. The van der Waals surface area contributed by atoms with Crippen molar-refractivity contribution in [1.82, 2.24) is 0 Å². The van der Waals surface area contributed by atoms with Gasteiger partial charge in [0.1, 0.15) is 48.3 Å². The molecule has 0 saturated carbocycles. The van der Waals surface area contributed by atoms with Crippen LogP contribution in [0.15, 0.2) is 23.8 Å². The topological polar surface area (TPSA) is 198 Å². The van der Waals surface area contributed by atoms with Crippen LogP contribution in [0.4, 0.5) is 0 Å². The van der Waals surface area contributed by atoms with Crippen molar-refractivity contribution in [3.05, 3.63) is 23.8 Å². The van der Waals surface area contributed by atoms with Gasteiger partial charge in [0.2, 0.25) is 5.79 Å². The zero-order valence-electron chi connectivity index (χ0n) is 37.5. The Balaban J connectivity index is 1.01. The number of carbonyl (C=O) groups excluding carboxylic acids is 2. The first-order valence-corrected chi connectivity index (χ1v) is 23.4. The molecule has 15 heteroatoms. The maximum absolute atomic E-state index is 14.1. The average molecular weight is 875 g/mol. The van der Waals surface area contributed by atoms with Crippen LogP contribution in [0.5, 0.6) is 0 Å². The van der Waals surface area contributed by atoms with Crippen LogP contribution in [-0.4, -0.2) is 140 Å². The summed E-state index contributed by atoms with van der Waals surface area (Å²) >= 11 is 0. The van der Waals surface area contributed by atoms with Crippen LogP contribution in [0, 0.1) is 17.8 Å². The molecule has 8 fully saturated rings. The van der Waals surface area contributed by atoms with E-state index < -0.39 is 107 Å². The number of hydrogen-bond donors (Lipinski definition) is 4. The lowest BCUT2D eigenvalue weighted by molar-refractivity contribution is -0.359. The minimum atomic E-state index is -2.23. The lowest BCUT2D eigenvalue weighted by Crippen LogP contribution is -2.62. The molecule has 20 atom stereocenters. The number of hydrogen-bond acceptors (Lipinski definition) is 15. The summed E-state index contributed by atoms with van der Waals surface area (Å²) in [6, 6.07) is 0. The first-order valence-electron chi connectivity index (χ1n) is 23.4. The molecule has 8 saturated heterocycles. The molecule has 15 nitrogen and oxygen atoms in total. The highest BCUT2D eigenvalue weighted by Gasteiger charge is 2.65. The fraction of sp³-hybridized carbons (Fsp3) is 0.872. The number of carbonyl (C=O) groups is 2. The summed E-state index contributed by atoms with van der Waals surface area (Å²) in [5, 5.41) is 46.6. The number of aliphatic hydroxyl groups excluding tert-OH is 3. The van der Waals surface area contributed by atoms with Gasteiger partial charge in [0.05, 0.1) is 42.0 Å². The summed E-state index contributed by atoms with van der Waals surface area (Å²) in [6.07, 6.45) is 2.25. The third-order valence-electron chi connectivity index (χ3n) is 16.0. The normalized spacial score (nSPS) is 54.9. The van der Waals surface area contributed by atoms with Crippen molar-refractivity contribution in [1.29, 1.82) is 0 Å². The predicted octanol–water partition coefficient (Wildman–Crippen LogP) is 4.22. The molecule has 2 spiro atoms. The number of allylic oxidation sites excluding steroid dienone is 3. The molecule has 0 radical (unpaired) electrons. The Labute approximate surface area is 365 Å². The van der Waals surface area contributed by atoms with Crippen molar-refractivity contribution in [2.45, 2.75) is 233 Å². The first kappa shape index (κ1) is 45.3. The molecule has 9 aliphatic rings. The van der Waals surface area contributed by atoms with Gasteiger partial charge in [-0.15, -0.1) is 0 Å². The molecule has 9 aliphatic heterocycles. The van der Waals surface area contributed by atoms with Crippen molar-refractivity contribution in [2.24, 2.45) is 17.8 Å². The molecule has 0 aromatic rings. The SMILES string of the molecule is CC1=C[C@H](C)C[C@@]2(C)CC[C@@H](O2)[C@@]23CC[C@@](C)(C[C@@H](O2)[C@H]2O[C@](C)(CC2=O)[C@@H](O)[C@@H]2CC[C@@]4(CCC[C@H](O4)[C@@H](C)C(=O)O[C@@H]4[C@H](O)[C@@H]([C@@]5(O)OCC[C@@H](C)[C@H]5O)O[C@@H]4C=C1)O2)O3. The number of aliphatic hydroxyl groups is 4. The van der Waals surface area contributed by atoms with Crippen LogP contribution in [0.3, 0.4) is 0 Å². The van der Waals surface area contributed by atoms with E-state index in [0.717, 1.165) is 24.8 Å². The summed E-state index contributed by atoms with van der Waals surface area (Å²) in [5.74, 6) is -6.12. The van der Waals surface area contributed by atoms with Crippen LogP contribution in [0.25, 0.3) is 0 Å². The minimum absolute atomic E-state index is 0.000256. The highest BCUT2D eigenvalue weighted by molar-refractivity contribution is 5.86. The monoisotopic (exact) mass is 874 g/mol. The van der Waals surface area contributed by atoms with Crippen molar-refractivity contribution in [3.8, 4) is 0 Å². The zero-order valence-corrected chi connectivity index (χ0v) is 37.5. The second-order valence-corrected chi connectivity index (χ2v) is 21.4. The number of esters is 1. The van der Waals surface area contributed by atoms with E-state index in [9.17, 15) is 30.0 Å². The van der Waals surface area contributed by atoms with Gasteiger partial charge in [-0.25, -0.2) is 0 Å². The van der Waals surface area contributed by atoms with Gasteiger partial charge in [0.15, 0.2) is 23.5 Å². The Bertz CT molecular complexity index is 1790. The van der Waals surface area contributed by atoms with Crippen LogP contribution >= 0.6 is 0 Å². The summed E-state index contributed by atoms with van der Waals surface area (Å²) < 4.78 is 58.6. The average Bonchev–Trinajstić information content (AvgIpc) is 4.02. The molecule has 9 rings (SSSR count). The highest BCUT2D eigenvalue weighted by atomic mass is 16.8. The molecule has 0 unspecified atom stereocenters. The molecule has 10 bridgehead atoms. The van der Waals surface area contributed by atoms with E-state index in [0.29, 0.717) is 57.8 Å². The van der Waals surface area contributed by atoms with Crippen molar-refractivity contribution in [3.63, 3.8) is 0 Å². The van der Waals surface area contributed by atoms with E-state index in [4.69, 9.17) is 42.6 Å². The lowest BCUT2D eigenvalue weighted by Gasteiger charge is -2.47. The molecule has 9 heterocycles. The first-order chi connectivity index (χ1) is 29.2. The molecule has 0 aromatic carbocycles. The van der Waals surface area contributed by atoms with E-state index in [1.165, 1.54) is 0 Å². The molecule has 348 valence electrons. The van der Waals surface area contributed by atoms with E-state index >= 15 is 0 Å². The largest absolute Gasteiger partial charge is 0.456 e. The maximum atomic E-state index is 14.1. The summed E-state index contributed by atoms with van der Waals surface area (Å²) in [7, 11) is 0. The number of ether oxygens (including phenoxy) is 9. The Kier molecular flexibility index (Phi) is 11.8. The molecule has 0 aliphatic carbocycles. The molecule has 0 amide bonds. The third kappa shape index (κ3) is 7.99. The van der Waals surface area contributed by atoms with Gasteiger partial charge in [-0.05, 0) is 97.8 Å². The Morgan fingerprint density at radius 2 is 1.55 bits per heavy atom. The summed E-state index contributed by atoms with van der Waals surface area (Å²) in [6.45, 7) is 13.7. The summed E-state index contributed by atoms with van der Waals surface area (Å²) in [4.78, 5) is 28.0. The van der Waals surface area contributed by atoms with Gasteiger partial charge in [0.25, 0.3) is 0 Å². The van der Waals surface area contributed by atoms with Gasteiger partial charge in [-0.3, -0.25) is 9.59 Å². The highest BCUT2D eigenvalue weighted by Crippen LogP contribution is 2.55. The number of fused-ring (bicyclic) bond motifs is 10. The van der Waals surface area contributed by atoms with Gasteiger partial charge in [0, 0.05) is 32.1 Å². The van der Waals surface area contributed by atoms with Crippen molar-refractivity contribution < 1.29 is 72.6 Å². The number of rotatable bonds is 1. The van der Waals surface area contributed by atoms with Crippen molar-refractivity contribution in [2.75, 3.05) is 6.61 Å². The van der Waals surface area contributed by atoms with E-state index in [-0.39, 0.29) is 36.8 Å². The van der Waals surface area contributed by atoms with Crippen LogP contribution < -0.4 is 0 Å². The molecule has 62 heavy (non-hydrogen) atoms. The number of Topliss-reactive ketones (excluding diaryl/α,β-unsaturated/α-hetero) is 1. The summed E-state index contributed by atoms with van der Waals surface area (Å²) in [5.41, 5.74) is -1.34. The fourth-order valence-electron chi connectivity index (χ4n) is 12.5. The van der Waals surface area contributed by atoms with Gasteiger partial charge < -0.3 is 63.1 Å². The van der Waals surface area contributed by atoms with Crippen LogP contribution in [0.2, 0.25) is 0 Å². The van der Waals surface area contributed by atoms with Gasteiger partial charge >= 0.3 is 5.97 Å². The van der Waals surface area contributed by atoms with Crippen LogP contribution in [0.1, 0.15) is 132 Å². The molecule has 4 N–H and O–H groups in total. The van der Waals surface area contributed by atoms with Crippen molar-refractivity contribution >= 4 is 11.8 Å². The second kappa shape index (κ2) is 16.2. The minimum Gasteiger partial charge on any atom is -0.456 e. The van der Waals surface area contributed by atoms with Gasteiger partial charge in [-0.2, -0.15) is 0 Å². The molecular formula is C47H70O15. The number of ketones is 1. The zero-order chi connectivity index (χ0) is 44.2. The van der Waals surface area contributed by atoms with E-state index in [1.54, 1.807) is 26.8 Å². The van der Waals surface area contributed by atoms with E-state index in [1.807, 2.05) is 13.0 Å². The van der Waals surface area contributed by atoms with Gasteiger partial charge in [-0.1, -0.05) is 37.6 Å². The smallest absolute Gasteiger partial charge is 0.311 e. The van der Waals surface area contributed by atoms with Crippen LogP contribution in [-0.2, 0) is 52.2 Å². The molecule has 0 aromatic heterocycles. The predicted molar refractivity (Wildman–Crippen MR) is 219 cm³/mol. The standard InChI is InChI=1S/C47H70O15/c1-25-10-11-31-37(35(49)40(55-31)47(53)38(50)27(3)14-20-54-47)56-41(52)28(4)30-9-8-15-45(57-30)17-12-32(58-45)39(51)44(7)23-29(48)36(61-44)33-24-43(6)18-19-46(59-33,62-43)34-13-16-42(5,60-34)22-26(2)21-25/h10-11,21,26-28,30-40,49-51,53H,8-9,12-20,22-24H2,1-7H3/t26-,27+,28+,30-,31+,32-,33+,34+,35-,36-,37-,38+,39-,40-,42+,43-,44+,45+,46-,47-/m0/s1. The maximum Gasteiger partial charge on any atom is 0.311 e.